The molecular weight excluding hydrogens is 320 g/mol. The summed E-state index contributed by atoms with van der Waals surface area (Å²) in [5, 5.41) is 0. The molecule has 132 valence electrons. The number of pyridine rings is 3. The summed E-state index contributed by atoms with van der Waals surface area (Å²) in [7, 11) is 0. The fourth-order valence-corrected chi connectivity index (χ4v) is 4.08. The fourth-order valence-electron chi connectivity index (χ4n) is 4.08. The van der Waals surface area contributed by atoms with Crippen LogP contribution in [0.3, 0.4) is 0 Å². The lowest BCUT2D eigenvalue weighted by Crippen LogP contribution is -2.39. The van der Waals surface area contributed by atoms with E-state index in [0.717, 1.165) is 29.9 Å². The molecule has 1 fully saturated rings. The van der Waals surface area contributed by atoms with E-state index < -0.39 is 0 Å². The van der Waals surface area contributed by atoms with E-state index in [9.17, 15) is 0 Å². The van der Waals surface area contributed by atoms with Crippen molar-refractivity contribution in [3.8, 4) is 0 Å². The summed E-state index contributed by atoms with van der Waals surface area (Å²) in [5.74, 6) is 0. The van der Waals surface area contributed by atoms with Gasteiger partial charge in [0.25, 0.3) is 0 Å². The van der Waals surface area contributed by atoms with Crippen molar-refractivity contribution in [2.24, 2.45) is 0 Å². The first-order valence-corrected chi connectivity index (χ1v) is 9.35. The molecule has 4 rings (SSSR count). The zero-order valence-corrected chi connectivity index (χ0v) is 15.1. The highest BCUT2D eigenvalue weighted by atomic mass is 15.2. The number of piperidine rings is 1. The van der Waals surface area contributed by atoms with Gasteiger partial charge in [-0.15, -0.1) is 0 Å². The highest BCUT2D eigenvalue weighted by Crippen LogP contribution is 2.45. The highest BCUT2D eigenvalue weighted by molar-refractivity contribution is 5.19. The normalized spacial score (nSPS) is 22.0. The van der Waals surface area contributed by atoms with Gasteiger partial charge in [-0.05, 0) is 62.6 Å². The van der Waals surface area contributed by atoms with Crippen LogP contribution >= 0.6 is 0 Å². The predicted octanol–water partition coefficient (Wildman–Crippen LogP) is 4.90. The molecule has 0 aromatic carbocycles. The van der Waals surface area contributed by atoms with E-state index in [0.29, 0.717) is 0 Å². The summed E-state index contributed by atoms with van der Waals surface area (Å²) in [5.41, 5.74) is 3.36. The van der Waals surface area contributed by atoms with Crippen molar-refractivity contribution >= 4 is 0 Å². The lowest BCUT2D eigenvalue weighted by molar-refractivity contribution is 0.0358. The third kappa shape index (κ3) is 3.37. The first kappa shape index (κ1) is 16.9. The summed E-state index contributed by atoms with van der Waals surface area (Å²) < 4.78 is 0. The Morgan fingerprint density at radius 2 is 1.31 bits per heavy atom. The number of hydrogen-bond donors (Lipinski definition) is 0. The monoisotopic (exact) mass is 344 g/mol. The summed E-state index contributed by atoms with van der Waals surface area (Å²) in [6.07, 6.45) is 9.05. The van der Waals surface area contributed by atoms with Gasteiger partial charge in [0.1, 0.15) is 0 Å². The minimum atomic E-state index is 0.190. The Kier molecular flexibility index (Phi) is 5.02. The fraction of sp³-hybridized carbons (Fsp3) is 0.318. The van der Waals surface area contributed by atoms with Gasteiger partial charge in [0.2, 0.25) is 0 Å². The molecular formula is C22H24N4. The maximum Gasteiger partial charge on any atom is 0.0575 e. The second-order valence-electron chi connectivity index (χ2n) is 6.85. The lowest BCUT2D eigenvalue weighted by atomic mass is 9.89. The number of rotatable bonds is 4. The lowest BCUT2D eigenvalue weighted by Gasteiger charge is -2.45. The van der Waals surface area contributed by atoms with Crippen LogP contribution in [0.2, 0.25) is 0 Å². The van der Waals surface area contributed by atoms with Crippen LogP contribution in [0, 0.1) is 0 Å². The van der Waals surface area contributed by atoms with Gasteiger partial charge < -0.3 is 0 Å². The third-order valence-corrected chi connectivity index (χ3v) is 5.30. The van der Waals surface area contributed by atoms with Crippen molar-refractivity contribution in [1.82, 2.24) is 19.9 Å². The molecule has 0 spiro atoms. The molecule has 0 radical (unpaired) electrons. The molecule has 1 aliphatic heterocycles. The van der Waals surface area contributed by atoms with Crippen molar-refractivity contribution in [1.29, 1.82) is 0 Å². The first-order valence-electron chi connectivity index (χ1n) is 9.35. The second-order valence-corrected chi connectivity index (χ2v) is 6.85. The van der Waals surface area contributed by atoms with Gasteiger partial charge in [-0.2, -0.15) is 0 Å². The Labute approximate surface area is 155 Å². The smallest absolute Gasteiger partial charge is 0.0575 e. The first-order chi connectivity index (χ1) is 12.8. The maximum absolute atomic E-state index is 4.67. The standard InChI is InChI=1S/C22H24N4/c1-17(18-9-2-5-14-23-18)26-21(19-10-3-6-15-24-19)12-8-13-22(26)20-11-4-7-16-25-20/h2-7,9-11,14-17,21-22H,8,12-13H2,1H3. The zero-order valence-electron chi connectivity index (χ0n) is 15.1. The SMILES string of the molecule is CC(c1ccccn1)N1C(c2ccccn2)CCCC1c1ccccn1. The van der Waals surface area contributed by atoms with Crippen molar-refractivity contribution in [2.45, 2.75) is 44.3 Å². The van der Waals surface area contributed by atoms with Gasteiger partial charge in [-0.3, -0.25) is 19.9 Å². The topological polar surface area (TPSA) is 41.9 Å². The highest BCUT2D eigenvalue weighted by Gasteiger charge is 2.37. The number of nitrogens with zero attached hydrogens (tertiary/aromatic N) is 4. The van der Waals surface area contributed by atoms with E-state index in [2.05, 4.69) is 63.2 Å². The van der Waals surface area contributed by atoms with Crippen LogP contribution in [0.25, 0.3) is 0 Å². The molecule has 0 bridgehead atoms. The summed E-state index contributed by atoms with van der Waals surface area (Å²) in [6, 6.07) is 19.3. The number of likely N-dealkylation sites (tertiary alicyclic amines) is 1. The van der Waals surface area contributed by atoms with Crippen LogP contribution in [0.15, 0.2) is 73.2 Å². The van der Waals surface area contributed by atoms with Gasteiger partial charge in [0, 0.05) is 18.6 Å². The Bertz CT molecular complexity index is 760. The van der Waals surface area contributed by atoms with Crippen LogP contribution in [0.4, 0.5) is 0 Å². The Morgan fingerprint density at radius 3 is 1.77 bits per heavy atom. The van der Waals surface area contributed by atoms with Crippen LogP contribution in [-0.4, -0.2) is 19.9 Å². The summed E-state index contributed by atoms with van der Waals surface area (Å²) in [4.78, 5) is 16.5. The minimum absolute atomic E-state index is 0.190. The van der Waals surface area contributed by atoms with E-state index in [1.165, 1.54) is 6.42 Å². The van der Waals surface area contributed by atoms with Crippen LogP contribution in [-0.2, 0) is 0 Å². The third-order valence-electron chi connectivity index (χ3n) is 5.30. The van der Waals surface area contributed by atoms with Crippen LogP contribution < -0.4 is 0 Å². The van der Waals surface area contributed by atoms with Gasteiger partial charge in [-0.1, -0.05) is 18.2 Å². The Hall–Kier alpha value is -2.59. The maximum atomic E-state index is 4.67. The summed E-state index contributed by atoms with van der Waals surface area (Å²) >= 11 is 0. The van der Waals surface area contributed by atoms with Gasteiger partial charge in [0.05, 0.1) is 35.2 Å². The minimum Gasteiger partial charge on any atom is -0.278 e. The van der Waals surface area contributed by atoms with E-state index >= 15 is 0 Å². The molecule has 3 aromatic rings. The molecule has 1 aliphatic rings. The van der Waals surface area contributed by atoms with E-state index in [4.69, 9.17) is 0 Å². The number of aromatic nitrogens is 3. The molecule has 26 heavy (non-hydrogen) atoms. The number of hydrogen-bond acceptors (Lipinski definition) is 4. The van der Waals surface area contributed by atoms with Crippen molar-refractivity contribution < 1.29 is 0 Å². The van der Waals surface area contributed by atoms with Crippen LogP contribution in [0.1, 0.15) is 61.4 Å². The molecule has 4 heterocycles. The molecule has 4 nitrogen and oxygen atoms in total. The molecule has 4 heteroatoms. The van der Waals surface area contributed by atoms with E-state index in [1.807, 2.05) is 36.8 Å². The molecule has 3 aromatic heterocycles. The molecule has 0 amide bonds. The van der Waals surface area contributed by atoms with Crippen molar-refractivity contribution in [3.63, 3.8) is 0 Å². The Morgan fingerprint density at radius 1 is 0.769 bits per heavy atom. The second kappa shape index (κ2) is 7.75. The molecule has 0 aliphatic carbocycles. The van der Waals surface area contributed by atoms with Crippen molar-refractivity contribution in [3.05, 3.63) is 90.3 Å². The zero-order chi connectivity index (χ0) is 17.8. The van der Waals surface area contributed by atoms with E-state index in [-0.39, 0.29) is 18.1 Å². The molecule has 0 N–H and O–H groups in total. The molecule has 3 atom stereocenters. The molecule has 3 unspecified atom stereocenters. The summed E-state index contributed by atoms with van der Waals surface area (Å²) in [6.45, 7) is 2.25. The van der Waals surface area contributed by atoms with Crippen LogP contribution in [0.5, 0.6) is 0 Å². The Balaban J connectivity index is 1.76. The van der Waals surface area contributed by atoms with Gasteiger partial charge in [0.15, 0.2) is 0 Å². The van der Waals surface area contributed by atoms with Crippen molar-refractivity contribution in [2.75, 3.05) is 0 Å². The average Bonchev–Trinajstić information content (AvgIpc) is 2.74. The van der Waals surface area contributed by atoms with E-state index in [1.54, 1.807) is 0 Å². The molecule has 1 saturated heterocycles. The average molecular weight is 344 g/mol. The largest absolute Gasteiger partial charge is 0.278 e. The molecule has 0 saturated carbocycles. The quantitative estimate of drug-likeness (QED) is 0.675. The van der Waals surface area contributed by atoms with Gasteiger partial charge in [-0.25, -0.2) is 0 Å². The van der Waals surface area contributed by atoms with Gasteiger partial charge >= 0.3 is 0 Å². The predicted molar refractivity (Wildman–Crippen MR) is 102 cm³/mol.